The van der Waals surface area contributed by atoms with E-state index in [-0.39, 0.29) is 6.04 Å². The van der Waals surface area contributed by atoms with Crippen molar-refractivity contribution in [3.8, 4) is 0 Å². The van der Waals surface area contributed by atoms with Crippen LogP contribution in [0.4, 0.5) is 15.8 Å². The fourth-order valence-electron chi connectivity index (χ4n) is 1.58. The van der Waals surface area contributed by atoms with E-state index in [0.717, 1.165) is 17.8 Å². The third-order valence-electron chi connectivity index (χ3n) is 2.52. The Morgan fingerprint density at radius 1 is 1.50 bits per heavy atom. The molecule has 18 heavy (non-hydrogen) atoms. The van der Waals surface area contributed by atoms with E-state index in [2.05, 4.69) is 15.5 Å². The van der Waals surface area contributed by atoms with Gasteiger partial charge in [-0.25, -0.2) is 0 Å². The van der Waals surface area contributed by atoms with Crippen LogP contribution in [-0.2, 0) is 0 Å². The van der Waals surface area contributed by atoms with Gasteiger partial charge in [0.25, 0.3) is 0 Å². The second-order valence-electron chi connectivity index (χ2n) is 3.80. The van der Waals surface area contributed by atoms with Gasteiger partial charge in [0.05, 0.1) is 16.7 Å². The predicted octanol–water partition coefficient (Wildman–Crippen LogP) is 2.63. The standard InChI is InChI=1S/C11H11FN4O2/c1-7(10-4-5-13-15-10)14-8-2-3-11(16(17)18)9(12)6-8/h2-7,14H,1H3,(H,13,15). The quantitative estimate of drug-likeness (QED) is 0.645. The Kier molecular flexibility index (Phi) is 3.22. The maximum absolute atomic E-state index is 13.4. The fourth-order valence-corrected chi connectivity index (χ4v) is 1.58. The van der Waals surface area contributed by atoms with E-state index >= 15 is 0 Å². The lowest BCUT2D eigenvalue weighted by atomic mass is 10.2. The van der Waals surface area contributed by atoms with Crippen LogP contribution in [0.25, 0.3) is 0 Å². The van der Waals surface area contributed by atoms with Crippen molar-refractivity contribution >= 4 is 11.4 Å². The van der Waals surface area contributed by atoms with Crippen molar-refractivity contribution in [3.63, 3.8) is 0 Å². The molecule has 0 aliphatic rings. The molecule has 0 radical (unpaired) electrons. The van der Waals surface area contributed by atoms with E-state index in [1.54, 1.807) is 12.3 Å². The number of nitro benzene ring substituents is 1. The van der Waals surface area contributed by atoms with Crippen LogP contribution in [-0.4, -0.2) is 15.1 Å². The molecule has 2 rings (SSSR count). The summed E-state index contributed by atoms with van der Waals surface area (Å²) >= 11 is 0. The molecule has 1 aromatic carbocycles. The van der Waals surface area contributed by atoms with Gasteiger partial charge in [0, 0.05) is 24.0 Å². The molecule has 0 saturated carbocycles. The van der Waals surface area contributed by atoms with E-state index in [0.29, 0.717) is 5.69 Å². The molecule has 7 heteroatoms. The number of aromatic amines is 1. The molecule has 0 fully saturated rings. The van der Waals surface area contributed by atoms with Gasteiger partial charge in [-0.15, -0.1) is 0 Å². The lowest BCUT2D eigenvalue weighted by Crippen LogP contribution is -2.07. The van der Waals surface area contributed by atoms with Gasteiger partial charge in [0.1, 0.15) is 0 Å². The van der Waals surface area contributed by atoms with Crippen molar-refractivity contribution in [3.05, 3.63) is 52.1 Å². The highest BCUT2D eigenvalue weighted by Gasteiger charge is 2.15. The zero-order chi connectivity index (χ0) is 13.1. The number of H-pyrrole nitrogens is 1. The van der Waals surface area contributed by atoms with Gasteiger partial charge >= 0.3 is 5.69 Å². The molecule has 2 aromatic rings. The summed E-state index contributed by atoms with van der Waals surface area (Å²) in [6, 6.07) is 5.39. The first kappa shape index (κ1) is 12.0. The van der Waals surface area contributed by atoms with Gasteiger partial charge in [0.15, 0.2) is 0 Å². The van der Waals surface area contributed by atoms with Crippen molar-refractivity contribution in [1.29, 1.82) is 0 Å². The lowest BCUT2D eigenvalue weighted by Gasteiger charge is -2.13. The second-order valence-corrected chi connectivity index (χ2v) is 3.80. The smallest absolute Gasteiger partial charge is 0.304 e. The number of nitrogens with one attached hydrogen (secondary N) is 2. The summed E-state index contributed by atoms with van der Waals surface area (Å²) in [4.78, 5) is 9.72. The number of halogens is 1. The summed E-state index contributed by atoms with van der Waals surface area (Å²) in [7, 11) is 0. The Balaban J connectivity index is 2.15. The monoisotopic (exact) mass is 250 g/mol. The van der Waals surface area contributed by atoms with Crippen LogP contribution in [0.5, 0.6) is 0 Å². The Morgan fingerprint density at radius 2 is 2.28 bits per heavy atom. The minimum atomic E-state index is -0.859. The largest absolute Gasteiger partial charge is 0.377 e. The number of hydrogen-bond donors (Lipinski definition) is 2. The molecule has 1 unspecified atom stereocenters. The third kappa shape index (κ3) is 2.45. The van der Waals surface area contributed by atoms with Gasteiger partial charge in [-0.05, 0) is 19.1 Å². The number of aromatic nitrogens is 2. The highest BCUT2D eigenvalue weighted by Crippen LogP contribution is 2.23. The molecule has 1 heterocycles. The van der Waals surface area contributed by atoms with Crippen molar-refractivity contribution in [2.75, 3.05) is 5.32 Å². The molecule has 0 spiro atoms. The molecule has 0 bridgehead atoms. The normalized spacial score (nSPS) is 12.1. The highest BCUT2D eigenvalue weighted by molar-refractivity contribution is 5.50. The zero-order valence-electron chi connectivity index (χ0n) is 9.55. The van der Waals surface area contributed by atoms with Crippen molar-refractivity contribution < 1.29 is 9.31 Å². The summed E-state index contributed by atoms with van der Waals surface area (Å²) in [6.07, 6.45) is 1.62. The number of benzene rings is 1. The Labute approximate surface area is 102 Å². The molecular weight excluding hydrogens is 239 g/mol. The van der Waals surface area contributed by atoms with E-state index in [9.17, 15) is 14.5 Å². The van der Waals surface area contributed by atoms with Gasteiger partial charge in [-0.3, -0.25) is 15.2 Å². The van der Waals surface area contributed by atoms with Crippen LogP contribution in [0, 0.1) is 15.9 Å². The van der Waals surface area contributed by atoms with E-state index < -0.39 is 16.4 Å². The average Bonchev–Trinajstić information content (AvgIpc) is 2.81. The summed E-state index contributed by atoms with van der Waals surface area (Å²) < 4.78 is 13.4. The van der Waals surface area contributed by atoms with Crippen molar-refractivity contribution in [2.45, 2.75) is 13.0 Å². The number of anilines is 1. The molecule has 94 valence electrons. The highest BCUT2D eigenvalue weighted by atomic mass is 19.1. The van der Waals surface area contributed by atoms with Crippen LogP contribution >= 0.6 is 0 Å². The first-order valence-electron chi connectivity index (χ1n) is 5.27. The summed E-state index contributed by atoms with van der Waals surface area (Å²) in [5.74, 6) is -0.859. The number of nitrogens with zero attached hydrogens (tertiary/aromatic N) is 2. The maximum atomic E-state index is 13.4. The molecule has 0 aliphatic heterocycles. The Hall–Kier alpha value is -2.44. The minimum absolute atomic E-state index is 0.103. The van der Waals surface area contributed by atoms with E-state index in [4.69, 9.17) is 0 Å². The predicted molar refractivity (Wildman–Crippen MR) is 63.7 cm³/mol. The number of hydrogen-bond acceptors (Lipinski definition) is 4. The second kappa shape index (κ2) is 4.82. The summed E-state index contributed by atoms with van der Waals surface area (Å²) in [6.45, 7) is 1.87. The number of rotatable bonds is 4. The lowest BCUT2D eigenvalue weighted by molar-refractivity contribution is -0.387. The van der Waals surface area contributed by atoms with Crippen LogP contribution in [0.1, 0.15) is 18.7 Å². The molecular formula is C11H11FN4O2. The zero-order valence-corrected chi connectivity index (χ0v) is 9.55. The first-order valence-corrected chi connectivity index (χ1v) is 5.27. The molecule has 1 aromatic heterocycles. The minimum Gasteiger partial charge on any atom is -0.377 e. The topological polar surface area (TPSA) is 83.8 Å². The fraction of sp³-hybridized carbons (Fsp3) is 0.182. The van der Waals surface area contributed by atoms with Gasteiger partial charge in [0.2, 0.25) is 5.82 Å². The van der Waals surface area contributed by atoms with Gasteiger partial charge < -0.3 is 5.32 Å². The SMILES string of the molecule is CC(Nc1ccc([N+](=O)[O-])c(F)c1)c1ccn[nH]1. The van der Waals surface area contributed by atoms with Gasteiger partial charge in [-0.2, -0.15) is 9.49 Å². The van der Waals surface area contributed by atoms with Crippen LogP contribution in [0.2, 0.25) is 0 Å². The number of nitro groups is 1. The van der Waals surface area contributed by atoms with E-state index in [1.165, 1.54) is 6.07 Å². The van der Waals surface area contributed by atoms with Gasteiger partial charge in [-0.1, -0.05) is 0 Å². The third-order valence-corrected chi connectivity index (χ3v) is 2.52. The molecule has 0 saturated heterocycles. The van der Waals surface area contributed by atoms with Crippen LogP contribution in [0.3, 0.4) is 0 Å². The Bertz CT molecular complexity index is 556. The summed E-state index contributed by atoms with van der Waals surface area (Å²) in [5.41, 5.74) is 0.781. The van der Waals surface area contributed by atoms with Crippen LogP contribution in [0.15, 0.2) is 30.5 Å². The van der Waals surface area contributed by atoms with E-state index in [1.807, 2.05) is 6.92 Å². The van der Waals surface area contributed by atoms with Crippen molar-refractivity contribution in [1.82, 2.24) is 10.2 Å². The molecule has 6 nitrogen and oxygen atoms in total. The summed E-state index contributed by atoms with van der Waals surface area (Å²) in [5, 5.41) is 20.1. The van der Waals surface area contributed by atoms with Crippen LogP contribution < -0.4 is 5.32 Å². The molecule has 0 aliphatic carbocycles. The molecule has 1 atom stereocenters. The molecule has 2 N–H and O–H groups in total. The molecule has 0 amide bonds. The first-order chi connectivity index (χ1) is 8.58. The van der Waals surface area contributed by atoms with Crippen molar-refractivity contribution in [2.24, 2.45) is 0 Å². The Morgan fingerprint density at radius 3 is 2.83 bits per heavy atom. The average molecular weight is 250 g/mol. The maximum Gasteiger partial charge on any atom is 0.304 e.